The van der Waals surface area contributed by atoms with Crippen molar-refractivity contribution in [2.45, 2.75) is 6.54 Å². The van der Waals surface area contributed by atoms with Gasteiger partial charge in [-0.15, -0.1) is 5.10 Å². The highest BCUT2D eigenvalue weighted by atomic mass is 19.2. The predicted molar refractivity (Wildman–Crippen MR) is 110 cm³/mol. The van der Waals surface area contributed by atoms with Crippen LogP contribution in [0.3, 0.4) is 0 Å². The maximum Gasteiger partial charge on any atom is 0.254 e. The minimum absolute atomic E-state index is 0.0859. The first-order valence-electron chi connectivity index (χ1n) is 9.96. The van der Waals surface area contributed by atoms with Crippen LogP contribution in [0.25, 0.3) is 5.69 Å². The fourth-order valence-corrected chi connectivity index (χ4v) is 3.58. The second kappa shape index (κ2) is 9.27. The number of ether oxygens (including phenoxy) is 2. The molecule has 0 atom stereocenters. The van der Waals surface area contributed by atoms with Crippen molar-refractivity contribution < 1.29 is 23.0 Å². The molecule has 0 unspecified atom stereocenters. The minimum Gasteiger partial charge on any atom is -0.493 e. The summed E-state index contributed by atoms with van der Waals surface area (Å²) in [6.07, 6.45) is 0. The number of hydrogen-bond acceptors (Lipinski definition) is 7. The second-order valence-electron chi connectivity index (χ2n) is 7.24. The smallest absolute Gasteiger partial charge is 0.254 e. The quantitative estimate of drug-likeness (QED) is 0.574. The summed E-state index contributed by atoms with van der Waals surface area (Å²) >= 11 is 0. The van der Waals surface area contributed by atoms with Crippen LogP contribution in [-0.4, -0.2) is 76.3 Å². The van der Waals surface area contributed by atoms with E-state index in [1.807, 2.05) is 0 Å². The van der Waals surface area contributed by atoms with Gasteiger partial charge in [-0.25, -0.2) is 8.78 Å². The number of amides is 1. The molecule has 1 fully saturated rings. The number of halogens is 2. The van der Waals surface area contributed by atoms with Crippen LogP contribution in [0, 0.1) is 11.6 Å². The summed E-state index contributed by atoms with van der Waals surface area (Å²) in [6, 6.07) is 8.59. The molecule has 1 aliphatic rings. The van der Waals surface area contributed by atoms with Crippen molar-refractivity contribution in [1.29, 1.82) is 0 Å². The van der Waals surface area contributed by atoms with Crippen molar-refractivity contribution in [1.82, 2.24) is 30.0 Å². The molecule has 4 rings (SSSR count). The lowest BCUT2D eigenvalue weighted by atomic mass is 10.1. The van der Waals surface area contributed by atoms with Crippen LogP contribution in [0.2, 0.25) is 0 Å². The SMILES string of the molecule is COc1ccc(C(=O)N2CCN(Cc3nnnn3-c3ccc(F)c(F)c3)CC2)cc1OC. The van der Waals surface area contributed by atoms with Gasteiger partial charge in [-0.2, -0.15) is 4.68 Å². The third-order valence-corrected chi connectivity index (χ3v) is 5.34. The van der Waals surface area contributed by atoms with Crippen molar-refractivity contribution in [3.8, 4) is 17.2 Å². The van der Waals surface area contributed by atoms with E-state index >= 15 is 0 Å². The molecule has 2 heterocycles. The third-order valence-electron chi connectivity index (χ3n) is 5.34. The monoisotopic (exact) mass is 444 g/mol. The number of piperazine rings is 1. The van der Waals surface area contributed by atoms with Crippen LogP contribution in [0.5, 0.6) is 11.5 Å². The highest BCUT2D eigenvalue weighted by Gasteiger charge is 2.24. The lowest BCUT2D eigenvalue weighted by Gasteiger charge is -2.34. The second-order valence-corrected chi connectivity index (χ2v) is 7.24. The van der Waals surface area contributed by atoms with Crippen molar-refractivity contribution >= 4 is 5.91 Å². The van der Waals surface area contributed by atoms with Gasteiger partial charge in [0.05, 0.1) is 26.5 Å². The number of aromatic nitrogens is 4. The Morgan fingerprint density at radius 1 is 0.969 bits per heavy atom. The van der Waals surface area contributed by atoms with Crippen molar-refractivity contribution in [3.05, 3.63) is 59.4 Å². The van der Waals surface area contributed by atoms with Crippen molar-refractivity contribution in [3.63, 3.8) is 0 Å². The van der Waals surface area contributed by atoms with Gasteiger partial charge in [0.15, 0.2) is 29.0 Å². The first-order chi connectivity index (χ1) is 15.5. The third kappa shape index (κ3) is 4.37. The fourth-order valence-electron chi connectivity index (χ4n) is 3.58. The van der Waals surface area contributed by atoms with Gasteiger partial charge in [0, 0.05) is 37.8 Å². The van der Waals surface area contributed by atoms with Gasteiger partial charge in [-0.1, -0.05) is 0 Å². The molecule has 1 aliphatic heterocycles. The van der Waals surface area contributed by atoms with Crippen molar-refractivity contribution in [2.75, 3.05) is 40.4 Å². The summed E-state index contributed by atoms with van der Waals surface area (Å²) in [4.78, 5) is 16.8. The van der Waals surface area contributed by atoms with Gasteiger partial charge >= 0.3 is 0 Å². The zero-order valence-electron chi connectivity index (χ0n) is 17.7. The summed E-state index contributed by atoms with van der Waals surface area (Å²) in [5.41, 5.74) is 0.865. The van der Waals surface area contributed by atoms with E-state index in [0.717, 1.165) is 12.1 Å². The van der Waals surface area contributed by atoms with Crippen LogP contribution >= 0.6 is 0 Å². The van der Waals surface area contributed by atoms with E-state index in [9.17, 15) is 13.6 Å². The van der Waals surface area contributed by atoms with E-state index in [2.05, 4.69) is 20.4 Å². The molecule has 1 saturated heterocycles. The van der Waals surface area contributed by atoms with E-state index in [1.54, 1.807) is 30.2 Å². The zero-order chi connectivity index (χ0) is 22.7. The highest BCUT2D eigenvalue weighted by molar-refractivity contribution is 5.95. The first kappa shape index (κ1) is 21.6. The molecule has 0 N–H and O–H groups in total. The summed E-state index contributed by atoms with van der Waals surface area (Å²) in [5, 5.41) is 11.6. The Balaban J connectivity index is 1.39. The van der Waals surface area contributed by atoms with E-state index < -0.39 is 11.6 Å². The summed E-state index contributed by atoms with van der Waals surface area (Å²) in [6.45, 7) is 2.69. The standard InChI is InChI=1S/C21H22F2N6O3/c1-31-18-6-3-14(11-19(18)32-2)21(30)28-9-7-27(8-10-28)13-20-24-25-26-29(20)15-4-5-16(22)17(23)12-15/h3-6,11-12H,7-10,13H2,1-2H3. The molecule has 0 radical (unpaired) electrons. The summed E-state index contributed by atoms with van der Waals surface area (Å²) in [5.74, 6) is -0.425. The van der Waals surface area contributed by atoms with Crippen LogP contribution in [0.1, 0.15) is 16.2 Å². The molecule has 2 aromatic carbocycles. The fraction of sp³-hybridized carbons (Fsp3) is 0.333. The Morgan fingerprint density at radius 3 is 2.41 bits per heavy atom. The maximum atomic E-state index is 13.6. The molecule has 0 spiro atoms. The molecule has 1 aromatic heterocycles. The summed E-state index contributed by atoms with van der Waals surface area (Å²) < 4.78 is 38.7. The average Bonchev–Trinajstić information content (AvgIpc) is 3.28. The molecule has 9 nitrogen and oxygen atoms in total. The Labute approximate surface area is 183 Å². The zero-order valence-corrected chi connectivity index (χ0v) is 17.7. The number of nitrogens with zero attached hydrogens (tertiary/aromatic N) is 6. The first-order valence-corrected chi connectivity index (χ1v) is 9.96. The molecule has 0 aliphatic carbocycles. The number of carbonyl (C=O) groups excluding carboxylic acids is 1. The van der Waals surface area contributed by atoms with E-state index in [4.69, 9.17) is 9.47 Å². The number of methoxy groups -OCH3 is 2. The van der Waals surface area contributed by atoms with Gasteiger partial charge in [-0.3, -0.25) is 9.69 Å². The number of tetrazole rings is 1. The number of carbonyl (C=O) groups is 1. The van der Waals surface area contributed by atoms with Crippen LogP contribution in [0.15, 0.2) is 36.4 Å². The highest BCUT2D eigenvalue weighted by Crippen LogP contribution is 2.28. The molecule has 11 heteroatoms. The van der Waals surface area contributed by atoms with Gasteiger partial charge in [0.1, 0.15) is 0 Å². The largest absolute Gasteiger partial charge is 0.493 e. The Morgan fingerprint density at radius 2 is 1.72 bits per heavy atom. The maximum absolute atomic E-state index is 13.6. The predicted octanol–water partition coefficient (Wildman–Crippen LogP) is 1.92. The average molecular weight is 444 g/mol. The lowest BCUT2D eigenvalue weighted by Crippen LogP contribution is -2.48. The van der Waals surface area contributed by atoms with Gasteiger partial charge in [-0.05, 0) is 40.8 Å². The van der Waals surface area contributed by atoms with Crippen molar-refractivity contribution in [2.24, 2.45) is 0 Å². The molecular formula is C21H22F2N6O3. The summed E-state index contributed by atoms with van der Waals surface area (Å²) in [7, 11) is 3.07. The Bertz CT molecular complexity index is 1110. The molecule has 168 valence electrons. The number of benzene rings is 2. The van der Waals surface area contributed by atoms with Gasteiger partial charge in [0.25, 0.3) is 5.91 Å². The van der Waals surface area contributed by atoms with E-state index in [0.29, 0.717) is 61.3 Å². The van der Waals surface area contributed by atoms with Crippen LogP contribution in [0.4, 0.5) is 8.78 Å². The van der Waals surface area contributed by atoms with E-state index in [1.165, 1.54) is 17.9 Å². The van der Waals surface area contributed by atoms with Crippen LogP contribution in [-0.2, 0) is 6.54 Å². The topological polar surface area (TPSA) is 85.6 Å². The number of hydrogen-bond donors (Lipinski definition) is 0. The molecular weight excluding hydrogens is 422 g/mol. The van der Waals surface area contributed by atoms with Crippen LogP contribution < -0.4 is 9.47 Å². The number of rotatable bonds is 6. The molecule has 32 heavy (non-hydrogen) atoms. The van der Waals surface area contributed by atoms with Gasteiger partial charge in [0.2, 0.25) is 0 Å². The van der Waals surface area contributed by atoms with Gasteiger partial charge < -0.3 is 14.4 Å². The minimum atomic E-state index is -0.966. The molecule has 3 aromatic rings. The molecule has 1 amide bonds. The Kier molecular flexibility index (Phi) is 6.26. The normalized spacial score (nSPS) is 14.4. The molecule has 0 bridgehead atoms. The Hall–Kier alpha value is -3.60. The van der Waals surface area contributed by atoms with E-state index in [-0.39, 0.29) is 5.91 Å². The lowest BCUT2D eigenvalue weighted by molar-refractivity contribution is 0.0624. The molecule has 0 saturated carbocycles.